The van der Waals surface area contributed by atoms with Gasteiger partial charge in [0.25, 0.3) is 0 Å². The molecule has 0 aliphatic heterocycles. The first-order valence-corrected chi connectivity index (χ1v) is 45.9. The summed E-state index contributed by atoms with van der Waals surface area (Å²) in [6, 6.07) is 0. The molecule has 0 saturated heterocycles. The van der Waals surface area contributed by atoms with E-state index < -0.39 is 61.4 Å². The highest BCUT2D eigenvalue weighted by molar-refractivity contribution is 5.72. The van der Waals surface area contributed by atoms with E-state index in [1.54, 1.807) is 0 Å². The molecular weight excluding hydrogens is 1300 g/mol. The summed E-state index contributed by atoms with van der Waals surface area (Å²) in [7, 11) is 0. The predicted octanol–water partition coefficient (Wildman–Crippen LogP) is 30.0. The van der Waals surface area contributed by atoms with Crippen molar-refractivity contribution in [2.75, 3.05) is 13.2 Å². The van der Waals surface area contributed by atoms with Gasteiger partial charge in [-0.3, -0.25) is 24.0 Å². The number of rotatable bonds is 84. The van der Waals surface area contributed by atoms with E-state index in [1.807, 2.05) is 0 Å². The van der Waals surface area contributed by atoms with Gasteiger partial charge in [0.05, 0.1) is 0 Å². The summed E-state index contributed by atoms with van der Waals surface area (Å²) in [6.07, 6.45) is 93.7. The zero-order chi connectivity index (χ0) is 76.1. The summed E-state index contributed by atoms with van der Waals surface area (Å²) in [6.45, 7) is 10.5. The van der Waals surface area contributed by atoms with Crippen LogP contribution in [0.3, 0.4) is 0 Å². The van der Waals surface area contributed by atoms with Gasteiger partial charge in [0.15, 0.2) is 18.3 Å². The van der Waals surface area contributed by atoms with Crippen LogP contribution < -0.4 is 0 Å². The first-order chi connectivity index (χ1) is 51.7. The molecular formula is C95H172O10. The third-order valence-corrected chi connectivity index (χ3v) is 20.6. The topological polar surface area (TPSA) is 132 Å². The maximum absolute atomic E-state index is 14.3. The van der Waals surface area contributed by atoms with E-state index in [9.17, 15) is 24.0 Å². The molecule has 0 unspecified atom stereocenters. The minimum absolute atomic E-state index is 0.102. The molecule has 0 aromatic carbocycles. The summed E-state index contributed by atoms with van der Waals surface area (Å²) in [5.74, 6) is -2.43. The van der Waals surface area contributed by atoms with Crippen molar-refractivity contribution in [1.82, 2.24) is 0 Å². The van der Waals surface area contributed by atoms with Crippen molar-refractivity contribution >= 4 is 29.8 Å². The van der Waals surface area contributed by atoms with Gasteiger partial charge in [0.2, 0.25) is 0 Å². The minimum atomic E-state index is -1.41. The third-order valence-electron chi connectivity index (χ3n) is 20.6. The number of unbranched alkanes of at least 4 members (excludes halogenated alkanes) is 55. The molecule has 0 fully saturated rings. The molecule has 612 valence electrons. The van der Waals surface area contributed by atoms with Gasteiger partial charge >= 0.3 is 29.8 Å². The van der Waals surface area contributed by atoms with Gasteiger partial charge in [-0.1, -0.05) is 352 Å². The number of hydrogen-bond donors (Lipinski definition) is 0. The SMILES string of the molecule is CCCCCCCC/C=C\CCCCCCCC(=O)OC[C@H](OC(=O)CCCCCCC/C=C\CCCCCCCC)[C@@H](OC(=O)CCCCCCC/C=C\CCCCCCCC)[C@@H](COC(=O)CCCCCCC/C=C\CCCCCCCC)OC(=O)CCCCCCC/C=C\CCCCCCCC. The van der Waals surface area contributed by atoms with Gasteiger partial charge in [0, 0.05) is 32.1 Å². The molecule has 0 N–H and O–H groups in total. The van der Waals surface area contributed by atoms with Crippen molar-refractivity contribution < 1.29 is 47.7 Å². The molecule has 0 amide bonds. The van der Waals surface area contributed by atoms with Crippen molar-refractivity contribution in [2.45, 2.75) is 502 Å². The van der Waals surface area contributed by atoms with Crippen LogP contribution >= 0.6 is 0 Å². The van der Waals surface area contributed by atoms with Crippen LogP contribution in [0.4, 0.5) is 0 Å². The van der Waals surface area contributed by atoms with Gasteiger partial charge in [-0.2, -0.15) is 0 Å². The maximum atomic E-state index is 14.3. The molecule has 0 aliphatic carbocycles. The number of carbonyl (C=O) groups excluding carboxylic acids is 5. The third kappa shape index (κ3) is 78.0. The van der Waals surface area contributed by atoms with Crippen LogP contribution in [0.15, 0.2) is 60.8 Å². The molecule has 105 heavy (non-hydrogen) atoms. The normalized spacial score (nSPS) is 12.8. The number of carbonyl (C=O) groups is 5. The summed E-state index contributed by atoms with van der Waals surface area (Å²) in [5.41, 5.74) is 0. The Morgan fingerprint density at radius 3 is 0.533 bits per heavy atom. The molecule has 0 radical (unpaired) electrons. The Hall–Kier alpha value is -3.95. The summed E-state index contributed by atoms with van der Waals surface area (Å²) in [5, 5.41) is 0. The molecule has 0 rings (SSSR count). The van der Waals surface area contributed by atoms with E-state index >= 15 is 0 Å². The summed E-state index contributed by atoms with van der Waals surface area (Å²) in [4.78, 5) is 70.1. The Bertz CT molecular complexity index is 1910. The number of esters is 5. The Kier molecular flexibility index (Phi) is 82.4. The van der Waals surface area contributed by atoms with E-state index in [4.69, 9.17) is 23.7 Å². The molecule has 10 nitrogen and oxygen atoms in total. The average Bonchev–Trinajstić information content (AvgIpc) is 0.848. The highest BCUT2D eigenvalue weighted by Gasteiger charge is 2.40. The number of ether oxygens (including phenoxy) is 5. The van der Waals surface area contributed by atoms with Crippen LogP contribution in [-0.4, -0.2) is 61.4 Å². The molecule has 0 bridgehead atoms. The minimum Gasteiger partial charge on any atom is -0.462 e. The van der Waals surface area contributed by atoms with Crippen molar-refractivity contribution in [3.8, 4) is 0 Å². The quantitative estimate of drug-likeness (QED) is 0.0251. The van der Waals surface area contributed by atoms with Crippen LogP contribution in [0, 0.1) is 0 Å². The molecule has 0 aromatic rings. The van der Waals surface area contributed by atoms with Crippen molar-refractivity contribution in [2.24, 2.45) is 0 Å². The lowest BCUT2D eigenvalue weighted by Gasteiger charge is -2.32. The van der Waals surface area contributed by atoms with Crippen LogP contribution in [0.25, 0.3) is 0 Å². The van der Waals surface area contributed by atoms with Crippen molar-refractivity contribution in [3.05, 3.63) is 60.8 Å². The Morgan fingerprint density at radius 2 is 0.343 bits per heavy atom. The standard InChI is InChI=1S/C95H172O10/c1-6-11-16-21-26-31-36-41-46-51-56-61-66-71-76-81-90(96)101-86-88(103-92(98)83-78-73-68-63-58-53-48-43-38-33-28-23-18-13-8-3)95(105-94(100)85-80-75-70-65-60-55-50-45-40-35-30-25-20-15-10-5)89(104-93(99)84-79-74-69-64-59-54-49-44-39-34-29-24-19-14-9-4)87-102-91(97)82-77-72-67-62-57-52-47-42-37-32-27-22-17-12-7-2/h41-50,88-89,95H,6-40,51-87H2,1-5H3/b46-41-,47-42-,48-43-,49-44-,50-45-/t88-,89+,95+. The molecule has 0 spiro atoms. The number of hydrogen-bond acceptors (Lipinski definition) is 10. The van der Waals surface area contributed by atoms with Gasteiger partial charge in [-0.05, 0) is 161 Å². The number of allylic oxidation sites excluding steroid dienone is 10. The van der Waals surface area contributed by atoms with Crippen molar-refractivity contribution in [1.29, 1.82) is 0 Å². The summed E-state index contributed by atoms with van der Waals surface area (Å²) >= 11 is 0. The lowest BCUT2D eigenvalue weighted by molar-refractivity contribution is -0.197. The molecule has 10 heteroatoms. The van der Waals surface area contributed by atoms with E-state index in [0.717, 1.165) is 193 Å². The highest BCUT2D eigenvalue weighted by Crippen LogP contribution is 2.23. The predicted molar refractivity (Wildman–Crippen MR) is 449 cm³/mol. The lowest BCUT2D eigenvalue weighted by atomic mass is 10.1. The Labute approximate surface area is 650 Å². The summed E-state index contributed by atoms with van der Waals surface area (Å²) < 4.78 is 31.0. The van der Waals surface area contributed by atoms with E-state index in [-0.39, 0.29) is 32.1 Å². The second-order valence-electron chi connectivity index (χ2n) is 31.0. The molecule has 0 heterocycles. The zero-order valence-electron chi connectivity index (χ0n) is 70.0. The van der Waals surface area contributed by atoms with E-state index in [1.165, 1.54) is 193 Å². The van der Waals surface area contributed by atoms with Crippen LogP contribution in [0.1, 0.15) is 484 Å². The second kappa shape index (κ2) is 85.7. The van der Waals surface area contributed by atoms with Gasteiger partial charge in [0.1, 0.15) is 13.2 Å². The molecule has 0 aliphatic rings. The molecule has 0 saturated carbocycles. The Balaban J connectivity index is 6.53. The van der Waals surface area contributed by atoms with Crippen LogP contribution in [0.5, 0.6) is 0 Å². The zero-order valence-corrected chi connectivity index (χ0v) is 70.0. The smallest absolute Gasteiger partial charge is 0.306 e. The highest BCUT2D eigenvalue weighted by atomic mass is 16.6. The Morgan fingerprint density at radius 1 is 0.190 bits per heavy atom. The maximum Gasteiger partial charge on any atom is 0.306 e. The van der Waals surface area contributed by atoms with Gasteiger partial charge in [-0.15, -0.1) is 0 Å². The monoisotopic (exact) mass is 1470 g/mol. The van der Waals surface area contributed by atoms with Gasteiger partial charge in [-0.25, -0.2) is 0 Å². The van der Waals surface area contributed by atoms with Crippen molar-refractivity contribution in [3.63, 3.8) is 0 Å². The van der Waals surface area contributed by atoms with E-state index in [2.05, 4.69) is 95.4 Å². The molecule has 0 aromatic heterocycles. The second-order valence-corrected chi connectivity index (χ2v) is 31.0. The fourth-order valence-electron chi connectivity index (χ4n) is 13.6. The van der Waals surface area contributed by atoms with Gasteiger partial charge < -0.3 is 23.7 Å². The largest absolute Gasteiger partial charge is 0.462 e. The average molecular weight is 1470 g/mol. The fraction of sp³-hybridized carbons (Fsp3) is 0.842. The first-order valence-electron chi connectivity index (χ1n) is 45.9. The van der Waals surface area contributed by atoms with Crippen LogP contribution in [0.2, 0.25) is 0 Å². The fourth-order valence-corrected chi connectivity index (χ4v) is 13.6. The first kappa shape index (κ1) is 101. The lowest BCUT2D eigenvalue weighted by Crippen LogP contribution is -2.50. The van der Waals surface area contributed by atoms with E-state index in [0.29, 0.717) is 32.1 Å². The molecule has 3 atom stereocenters. The van der Waals surface area contributed by atoms with Crippen LogP contribution in [-0.2, 0) is 47.7 Å².